The highest BCUT2D eigenvalue weighted by molar-refractivity contribution is 7.15. The molecule has 2 rings (SSSR count). The van der Waals surface area contributed by atoms with Gasteiger partial charge in [-0.25, -0.2) is 9.78 Å². The van der Waals surface area contributed by atoms with Gasteiger partial charge in [-0.05, 0) is 20.3 Å². The summed E-state index contributed by atoms with van der Waals surface area (Å²) in [6.45, 7) is 8.71. The van der Waals surface area contributed by atoms with Crippen LogP contribution in [0, 0.1) is 0 Å². The van der Waals surface area contributed by atoms with Gasteiger partial charge in [0, 0.05) is 30.3 Å². The summed E-state index contributed by atoms with van der Waals surface area (Å²) in [4.78, 5) is 31.1. The number of carbonyl (C=O) groups is 2. The van der Waals surface area contributed by atoms with E-state index in [0.29, 0.717) is 31.1 Å². The highest BCUT2D eigenvalue weighted by Gasteiger charge is 2.24. The molecule has 1 aromatic heterocycles. The minimum absolute atomic E-state index is 0.0764. The number of allylic oxidation sites excluding steroid dienone is 1. The van der Waals surface area contributed by atoms with E-state index in [4.69, 9.17) is 0 Å². The third kappa shape index (κ3) is 4.30. The van der Waals surface area contributed by atoms with Crippen LogP contribution in [-0.2, 0) is 17.8 Å². The maximum absolute atomic E-state index is 12.1. The molecule has 120 valence electrons. The van der Waals surface area contributed by atoms with E-state index in [2.05, 4.69) is 22.2 Å². The van der Waals surface area contributed by atoms with Crippen molar-refractivity contribution in [3.63, 3.8) is 0 Å². The summed E-state index contributed by atoms with van der Waals surface area (Å²) in [5.41, 5.74) is 0.984. The van der Waals surface area contributed by atoms with E-state index in [1.807, 2.05) is 18.7 Å². The Labute approximate surface area is 134 Å². The standard InChI is InChI=1S/C15H22N4O2S/c1-4-5-6-13(20)19-8-7-11-12(9-19)22-15(17-11)18-14(21)16-10(2)3/h4,10H,1,5-9H2,2-3H3,(H2,16,17,18,21). The number of amides is 3. The predicted octanol–water partition coefficient (Wildman–Crippen LogP) is 2.52. The van der Waals surface area contributed by atoms with Gasteiger partial charge in [0.1, 0.15) is 0 Å². The van der Waals surface area contributed by atoms with Crippen molar-refractivity contribution in [2.45, 2.75) is 45.7 Å². The Morgan fingerprint density at radius 3 is 2.95 bits per heavy atom. The summed E-state index contributed by atoms with van der Waals surface area (Å²) < 4.78 is 0. The van der Waals surface area contributed by atoms with Crippen molar-refractivity contribution in [1.29, 1.82) is 0 Å². The van der Waals surface area contributed by atoms with Gasteiger partial charge in [-0.1, -0.05) is 17.4 Å². The smallest absolute Gasteiger partial charge is 0.321 e. The van der Waals surface area contributed by atoms with Gasteiger partial charge in [-0.15, -0.1) is 6.58 Å². The maximum atomic E-state index is 12.1. The van der Waals surface area contributed by atoms with Crippen molar-refractivity contribution < 1.29 is 9.59 Å². The third-order valence-corrected chi connectivity index (χ3v) is 4.28. The molecule has 2 N–H and O–H groups in total. The average Bonchev–Trinajstić information content (AvgIpc) is 2.84. The number of carbonyl (C=O) groups excluding carboxylic acids is 2. The van der Waals surface area contributed by atoms with Crippen LogP contribution in [0.3, 0.4) is 0 Å². The Bertz CT molecular complexity index is 568. The third-order valence-electron chi connectivity index (χ3n) is 3.29. The van der Waals surface area contributed by atoms with Gasteiger partial charge in [-0.2, -0.15) is 0 Å². The number of anilines is 1. The summed E-state index contributed by atoms with van der Waals surface area (Å²) in [6, 6.07) is -0.174. The van der Waals surface area contributed by atoms with E-state index < -0.39 is 0 Å². The first-order chi connectivity index (χ1) is 10.5. The number of hydrogen-bond acceptors (Lipinski definition) is 4. The predicted molar refractivity (Wildman–Crippen MR) is 88.0 cm³/mol. The average molecular weight is 322 g/mol. The molecule has 0 unspecified atom stereocenters. The second-order valence-corrected chi connectivity index (χ2v) is 6.62. The van der Waals surface area contributed by atoms with Gasteiger partial charge in [-0.3, -0.25) is 10.1 Å². The van der Waals surface area contributed by atoms with E-state index in [1.165, 1.54) is 11.3 Å². The van der Waals surface area contributed by atoms with E-state index in [1.54, 1.807) is 6.08 Å². The minimum atomic E-state index is -0.250. The Morgan fingerprint density at radius 2 is 2.27 bits per heavy atom. The highest BCUT2D eigenvalue weighted by Crippen LogP contribution is 2.28. The van der Waals surface area contributed by atoms with Crippen molar-refractivity contribution in [2.75, 3.05) is 11.9 Å². The topological polar surface area (TPSA) is 74.3 Å². The van der Waals surface area contributed by atoms with Gasteiger partial charge in [0.25, 0.3) is 0 Å². The molecule has 0 radical (unpaired) electrons. The fraction of sp³-hybridized carbons (Fsp3) is 0.533. The molecule has 1 aliphatic rings. The lowest BCUT2D eigenvalue weighted by Crippen LogP contribution is -2.35. The van der Waals surface area contributed by atoms with E-state index in [-0.39, 0.29) is 18.0 Å². The second-order valence-electron chi connectivity index (χ2n) is 5.53. The van der Waals surface area contributed by atoms with Gasteiger partial charge in [0.2, 0.25) is 5.91 Å². The van der Waals surface area contributed by atoms with Crippen LogP contribution in [0.25, 0.3) is 0 Å². The zero-order valence-corrected chi connectivity index (χ0v) is 13.8. The Hall–Kier alpha value is -1.89. The molecule has 0 saturated carbocycles. The molecule has 0 spiro atoms. The first-order valence-corrected chi connectivity index (χ1v) is 8.26. The molecule has 22 heavy (non-hydrogen) atoms. The highest BCUT2D eigenvalue weighted by atomic mass is 32.1. The number of nitrogens with zero attached hydrogens (tertiary/aromatic N) is 2. The van der Waals surface area contributed by atoms with Crippen molar-refractivity contribution in [2.24, 2.45) is 0 Å². The van der Waals surface area contributed by atoms with Gasteiger partial charge < -0.3 is 10.2 Å². The summed E-state index contributed by atoms with van der Waals surface area (Å²) in [5.74, 6) is 0.144. The van der Waals surface area contributed by atoms with Crippen molar-refractivity contribution >= 4 is 28.4 Å². The second kappa shape index (κ2) is 7.40. The molecule has 0 aliphatic carbocycles. The molecule has 0 bridgehead atoms. The van der Waals surface area contributed by atoms with Crippen LogP contribution in [0.4, 0.5) is 9.93 Å². The molecule has 1 aromatic rings. The van der Waals surface area contributed by atoms with E-state index >= 15 is 0 Å². The number of fused-ring (bicyclic) bond motifs is 1. The minimum Gasteiger partial charge on any atom is -0.337 e. The monoisotopic (exact) mass is 322 g/mol. The maximum Gasteiger partial charge on any atom is 0.321 e. The molecule has 3 amide bonds. The molecule has 0 fully saturated rings. The van der Waals surface area contributed by atoms with E-state index in [0.717, 1.165) is 17.0 Å². The fourth-order valence-electron chi connectivity index (χ4n) is 2.24. The Kier molecular flexibility index (Phi) is 5.54. The molecule has 2 heterocycles. The van der Waals surface area contributed by atoms with Crippen LogP contribution in [0.2, 0.25) is 0 Å². The lowest BCUT2D eigenvalue weighted by molar-refractivity contribution is -0.132. The number of nitrogens with one attached hydrogen (secondary N) is 2. The van der Waals surface area contributed by atoms with Crippen molar-refractivity contribution in [3.05, 3.63) is 23.2 Å². The number of hydrogen-bond donors (Lipinski definition) is 2. The van der Waals surface area contributed by atoms with Gasteiger partial charge in [0.15, 0.2) is 5.13 Å². The zero-order valence-electron chi connectivity index (χ0n) is 13.0. The van der Waals surface area contributed by atoms with Crippen LogP contribution >= 0.6 is 11.3 Å². The lowest BCUT2D eigenvalue weighted by atomic mass is 10.1. The molecule has 0 atom stereocenters. The Balaban J connectivity index is 1.96. The number of thiazole rings is 1. The number of urea groups is 1. The van der Waals surface area contributed by atoms with E-state index in [9.17, 15) is 9.59 Å². The largest absolute Gasteiger partial charge is 0.337 e. The van der Waals surface area contributed by atoms with Crippen molar-refractivity contribution in [3.8, 4) is 0 Å². The SMILES string of the molecule is C=CCCC(=O)N1CCc2nc(NC(=O)NC(C)C)sc2C1. The fourth-order valence-corrected chi connectivity index (χ4v) is 3.26. The quantitative estimate of drug-likeness (QED) is 0.818. The summed E-state index contributed by atoms with van der Waals surface area (Å²) in [6.07, 6.45) is 3.70. The molecular weight excluding hydrogens is 300 g/mol. The number of rotatable bonds is 5. The van der Waals surface area contributed by atoms with Crippen molar-refractivity contribution in [1.82, 2.24) is 15.2 Å². The molecule has 0 saturated heterocycles. The summed E-state index contributed by atoms with van der Waals surface area (Å²) in [5, 5.41) is 6.10. The molecule has 1 aliphatic heterocycles. The normalized spacial score (nSPS) is 13.7. The number of aromatic nitrogens is 1. The molecule has 6 nitrogen and oxygen atoms in total. The summed E-state index contributed by atoms with van der Waals surface area (Å²) >= 11 is 1.44. The first kappa shape index (κ1) is 16.5. The summed E-state index contributed by atoms with van der Waals surface area (Å²) in [7, 11) is 0. The first-order valence-electron chi connectivity index (χ1n) is 7.44. The molecule has 0 aromatic carbocycles. The Morgan fingerprint density at radius 1 is 1.50 bits per heavy atom. The van der Waals surface area contributed by atoms with Gasteiger partial charge in [0.05, 0.1) is 12.2 Å². The van der Waals surface area contributed by atoms with Crippen LogP contribution in [0.15, 0.2) is 12.7 Å². The van der Waals surface area contributed by atoms with Crippen LogP contribution < -0.4 is 10.6 Å². The van der Waals surface area contributed by atoms with Gasteiger partial charge >= 0.3 is 6.03 Å². The molecule has 7 heteroatoms. The van der Waals surface area contributed by atoms with Crippen LogP contribution in [-0.4, -0.2) is 34.4 Å². The van der Waals surface area contributed by atoms with Crippen LogP contribution in [0.5, 0.6) is 0 Å². The van der Waals surface area contributed by atoms with Crippen LogP contribution in [0.1, 0.15) is 37.3 Å². The molecular formula is C15H22N4O2S. The zero-order chi connectivity index (χ0) is 16.1. The lowest BCUT2D eigenvalue weighted by Gasteiger charge is -2.25.